The molecule has 0 atom stereocenters. The van der Waals surface area contributed by atoms with Gasteiger partial charge in [-0.2, -0.15) is 5.10 Å². The Hall–Kier alpha value is -4.75. The molecule has 5 rings (SSSR count). The minimum absolute atomic E-state index is 0.0341. The van der Waals surface area contributed by atoms with Gasteiger partial charge >= 0.3 is 0 Å². The van der Waals surface area contributed by atoms with Crippen LogP contribution in [0, 0.1) is 0 Å². The van der Waals surface area contributed by atoms with Crippen molar-refractivity contribution in [2.45, 2.75) is 0 Å². The molecule has 5 aromatic rings. The number of aromatic nitrogens is 2. The Balaban J connectivity index is 1.58. The van der Waals surface area contributed by atoms with Crippen LogP contribution in [0.4, 0.5) is 11.4 Å². The van der Waals surface area contributed by atoms with Crippen molar-refractivity contribution >= 4 is 40.6 Å². The van der Waals surface area contributed by atoms with Crippen LogP contribution in [0.3, 0.4) is 0 Å². The van der Waals surface area contributed by atoms with Gasteiger partial charge in [0.1, 0.15) is 11.3 Å². The predicted molar refractivity (Wildman–Crippen MR) is 145 cm³/mol. The maximum atomic E-state index is 13.4. The number of anilines is 2. The minimum atomic E-state index is -0.515. The van der Waals surface area contributed by atoms with Gasteiger partial charge in [-0.3, -0.25) is 9.59 Å². The smallest absolute Gasteiger partial charge is 0.261 e. The summed E-state index contributed by atoms with van der Waals surface area (Å²) in [6.07, 6.45) is 3.42. The Bertz CT molecular complexity index is 1440. The summed E-state index contributed by atoms with van der Waals surface area (Å²) < 4.78 is 1.75. The first-order chi connectivity index (χ1) is 17.7. The van der Waals surface area contributed by atoms with Crippen molar-refractivity contribution < 1.29 is 9.59 Å². The maximum absolute atomic E-state index is 13.4. The summed E-state index contributed by atoms with van der Waals surface area (Å²) in [5.41, 5.74) is 3.37. The van der Waals surface area contributed by atoms with Crippen molar-refractivity contribution in [1.82, 2.24) is 9.78 Å². The van der Waals surface area contributed by atoms with Gasteiger partial charge in [-0.25, -0.2) is 4.68 Å². The summed E-state index contributed by atoms with van der Waals surface area (Å²) in [7, 11) is 0. The fourth-order valence-electron chi connectivity index (χ4n) is 3.64. The number of hydrogen-bond donors (Lipinski definition) is 2. The first-order valence-corrected chi connectivity index (χ1v) is 12.2. The molecule has 2 aromatic heterocycles. The molecule has 0 aliphatic heterocycles. The van der Waals surface area contributed by atoms with Crippen LogP contribution in [0.2, 0.25) is 0 Å². The molecule has 36 heavy (non-hydrogen) atoms. The lowest BCUT2D eigenvalue weighted by atomic mass is 10.1. The van der Waals surface area contributed by atoms with Crippen molar-refractivity contribution in [2.24, 2.45) is 0 Å². The number of benzene rings is 3. The number of amides is 2. The van der Waals surface area contributed by atoms with Gasteiger partial charge in [0.05, 0.1) is 10.6 Å². The summed E-state index contributed by atoms with van der Waals surface area (Å²) in [6, 6.07) is 31.7. The highest BCUT2D eigenvalue weighted by Gasteiger charge is 2.21. The Morgan fingerprint density at radius 2 is 1.28 bits per heavy atom. The van der Waals surface area contributed by atoms with E-state index < -0.39 is 11.8 Å². The fraction of sp³-hybridized carbons (Fsp3) is 0. The van der Waals surface area contributed by atoms with E-state index in [4.69, 9.17) is 5.10 Å². The summed E-state index contributed by atoms with van der Waals surface area (Å²) in [6.45, 7) is 0. The largest absolute Gasteiger partial charge is 0.322 e. The van der Waals surface area contributed by atoms with E-state index in [0.717, 1.165) is 10.6 Å². The molecule has 7 heteroatoms. The van der Waals surface area contributed by atoms with Crippen LogP contribution in [0.25, 0.3) is 22.3 Å². The number of carbonyl (C=O) groups is 2. The molecule has 2 N–H and O–H groups in total. The Labute approximate surface area is 212 Å². The Morgan fingerprint density at radius 3 is 1.81 bits per heavy atom. The van der Waals surface area contributed by atoms with Crippen molar-refractivity contribution in [2.75, 3.05) is 10.6 Å². The first kappa shape index (κ1) is 23.0. The molecule has 0 saturated carbocycles. The van der Waals surface area contributed by atoms with Gasteiger partial charge < -0.3 is 10.6 Å². The zero-order valence-electron chi connectivity index (χ0n) is 19.2. The zero-order chi connectivity index (χ0) is 24.7. The van der Waals surface area contributed by atoms with Crippen LogP contribution in [0.5, 0.6) is 0 Å². The molecule has 0 aliphatic carbocycles. The normalized spacial score (nSPS) is 10.4. The van der Waals surface area contributed by atoms with Gasteiger partial charge in [-0.1, -0.05) is 60.7 Å². The molecule has 6 nitrogen and oxygen atoms in total. The molecule has 0 spiro atoms. The molecule has 0 saturated heterocycles. The monoisotopic (exact) mass is 490 g/mol. The van der Waals surface area contributed by atoms with E-state index in [-0.39, 0.29) is 5.57 Å². The molecule has 2 amide bonds. The first-order valence-electron chi connectivity index (χ1n) is 11.3. The van der Waals surface area contributed by atoms with Crippen LogP contribution < -0.4 is 10.6 Å². The molecule has 0 fully saturated rings. The third-order valence-corrected chi connectivity index (χ3v) is 6.25. The second-order valence-electron chi connectivity index (χ2n) is 7.89. The summed E-state index contributed by atoms with van der Waals surface area (Å²) >= 11 is 1.54. The SMILES string of the molecule is O=C(Nc1ccccc1)C(=Cc1cn(-c2ccccc2)nc1-c1cccs1)C(=O)Nc1ccccc1. The van der Waals surface area contributed by atoms with Gasteiger partial charge in [0.25, 0.3) is 11.8 Å². The zero-order valence-corrected chi connectivity index (χ0v) is 20.0. The van der Waals surface area contributed by atoms with Crippen molar-refractivity contribution in [3.63, 3.8) is 0 Å². The molecule has 0 bridgehead atoms. The Morgan fingerprint density at radius 1 is 0.722 bits per heavy atom. The second-order valence-corrected chi connectivity index (χ2v) is 8.84. The maximum Gasteiger partial charge on any atom is 0.261 e. The number of hydrogen-bond acceptors (Lipinski definition) is 4. The molecular formula is C29H22N4O2S. The average molecular weight is 491 g/mol. The number of nitrogens with one attached hydrogen (secondary N) is 2. The number of nitrogens with zero attached hydrogens (tertiary/aromatic N) is 2. The van der Waals surface area contributed by atoms with E-state index in [1.807, 2.05) is 90.4 Å². The third-order valence-electron chi connectivity index (χ3n) is 5.37. The molecule has 0 aliphatic rings. The van der Waals surface area contributed by atoms with E-state index in [2.05, 4.69) is 10.6 Å². The lowest BCUT2D eigenvalue weighted by molar-refractivity contribution is -0.118. The lowest BCUT2D eigenvalue weighted by Crippen LogP contribution is -2.25. The van der Waals surface area contributed by atoms with Crippen molar-refractivity contribution in [3.05, 3.63) is 126 Å². The highest BCUT2D eigenvalue weighted by Crippen LogP contribution is 2.29. The van der Waals surface area contributed by atoms with Gasteiger partial charge in [-0.05, 0) is 53.9 Å². The van der Waals surface area contributed by atoms with Crippen LogP contribution in [0.1, 0.15) is 5.56 Å². The van der Waals surface area contributed by atoms with E-state index in [9.17, 15) is 9.59 Å². The summed E-state index contributed by atoms with van der Waals surface area (Å²) in [4.78, 5) is 27.6. The van der Waals surface area contributed by atoms with E-state index in [1.54, 1.807) is 46.4 Å². The summed E-state index contributed by atoms with van der Waals surface area (Å²) in [5.74, 6) is -1.03. The third kappa shape index (κ3) is 5.32. The minimum Gasteiger partial charge on any atom is -0.322 e. The van der Waals surface area contributed by atoms with Crippen LogP contribution in [-0.2, 0) is 9.59 Å². The molecule has 2 heterocycles. The average Bonchev–Trinajstić information content (AvgIpc) is 3.59. The fourth-order valence-corrected chi connectivity index (χ4v) is 4.37. The van der Waals surface area contributed by atoms with Gasteiger partial charge in [0.15, 0.2) is 0 Å². The van der Waals surface area contributed by atoms with E-state index >= 15 is 0 Å². The molecule has 0 unspecified atom stereocenters. The molecule has 0 radical (unpaired) electrons. The van der Waals surface area contributed by atoms with Crippen LogP contribution in [0.15, 0.2) is 120 Å². The van der Waals surface area contributed by atoms with E-state index in [1.165, 1.54) is 0 Å². The van der Waals surface area contributed by atoms with Crippen molar-refractivity contribution in [1.29, 1.82) is 0 Å². The topological polar surface area (TPSA) is 76.0 Å². The summed E-state index contributed by atoms with van der Waals surface area (Å²) in [5, 5.41) is 12.4. The predicted octanol–water partition coefficient (Wildman–Crippen LogP) is 6.26. The molecule has 176 valence electrons. The van der Waals surface area contributed by atoms with Gasteiger partial charge in [-0.15, -0.1) is 11.3 Å². The Kier molecular flexibility index (Phi) is 6.82. The number of thiophene rings is 1. The number of rotatable bonds is 7. The van der Waals surface area contributed by atoms with E-state index in [0.29, 0.717) is 22.6 Å². The number of carbonyl (C=O) groups excluding carboxylic acids is 2. The quantitative estimate of drug-likeness (QED) is 0.161. The highest BCUT2D eigenvalue weighted by atomic mass is 32.1. The lowest BCUT2D eigenvalue weighted by Gasteiger charge is -2.10. The highest BCUT2D eigenvalue weighted by molar-refractivity contribution is 7.13. The van der Waals surface area contributed by atoms with Crippen molar-refractivity contribution in [3.8, 4) is 16.3 Å². The van der Waals surface area contributed by atoms with Gasteiger partial charge in [0, 0.05) is 23.1 Å². The molecular weight excluding hydrogens is 468 g/mol. The van der Waals surface area contributed by atoms with Crippen LogP contribution in [-0.4, -0.2) is 21.6 Å². The standard InChI is InChI=1S/C29H22N4O2S/c34-28(30-22-11-4-1-5-12-22)25(29(35)31-23-13-6-2-7-14-23)19-21-20-33(24-15-8-3-9-16-24)32-27(21)26-17-10-18-36-26/h1-20H,(H,30,34)(H,31,35). The second kappa shape index (κ2) is 10.7. The number of para-hydroxylation sites is 3. The molecule has 3 aromatic carbocycles. The van der Waals surface area contributed by atoms with Gasteiger partial charge in [0.2, 0.25) is 0 Å². The van der Waals surface area contributed by atoms with Crippen LogP contribution >= 0.6 is 11.3 Å².